The number of unbranched alkanes of at least 4 members (excludes halogenated alkanes) is 1. The van der Waals surface area contributed by atoms with Crippen LogP contribution >= 0.6 is 0 Å². The first-order valence-corrected chi connectivity index (χ1v) is 7.30. The molecule has 2 aromatic rings. The predicted molar refractivity (Wildman–Crippen MR) is 74.0 cm³/mol. The van der Waals surface area contributed by atoms with Crippen LogP contribution in [0.1, 0.15) is 50.2 Å². The number of aromatic nitrogens is 1. The van der Waals surface area contributed by atoms with Crippen molar-refractivity contribution in [1.82, 2.24) is 0 Å². The molecule has 0 N–H and O–H groups in total. The average molecular weight is 275 g/mol. The van der Waals surface area contributed by atoms with Crippen LogP contribution in [0.15, 0.2) is 28.7 Å². The lowest BCUT2D eigenvalue weighted by Crippen LogP contribution is -2.45. The van der Waals surface area contributed by atoms with Crippen molar-refractivity contribution in [1.29, 1.82) is 0 Å². The van der Waals surface area contributed by atoms with Gasteiger partial charge in [-0.25, -0.2) is 0 Å². The van der Waals surface area contributed by atoms with Gasteiger partial charge < -0.3 is 14.3 Å². The molecule has 0 aliphatic carbocycles. The van der Waals surface area contributed by atoms with E-state index in [9.17, 15) is 9.90 Å². The third-order valence-electron chi connectivity index (χ3n) is 3.77. The molecule has 1 heterocycles. The molecule has 0 saturated heterocycles. The van der Waals surface area contributed by atoms with Crippen molar-refractivity contribution in [3.8, 4) is 0 Å². The van der Waals surface area contributed by atoms with Crippen molar-refractivity contribution in [2.75, 3.05) is 0 Å². The molecule has 0 radical (unpaired) electrons. The second kappa shape index (κ2) is 6.55. The zero-order valence-electron chi connectivity index (χ0n) is 12.1. The summed E-state index contributed by atoms with van der Waals surface area (Å²) in [7, 11) is 0. The number of carboxylic acid groups (broad SMARTS) is 1. The quantitative estimate of drug-likeness (QED) is 0.728. The van der Waals surface area contributed by atoms with E-state index >= 15 is 0 Å². The Balaban J connectivity index is 2.35. The Morgan fingerprint density at radius 2 is 2.10 bits per heavy atom. The van der Waals surface area contributed by atoms with Gasteiger partial charge in [0.05, 0.1) is 0 Å². The minimum atomic E-state index is -1.26. The molecule has 1 atom stereocenters. The Labute approximate surface area is 119 Å². The highest BCUT2D eigenvalue weighted by molar-refractivity contribution is 5.81. The van der Waals surface area contributed by atoms with Crippen molar-refractivity contribution < 1.29 is 18.9 Å². The van der Waals surface area contributed by atoms with Gasteiger partial charge in [0.25, 0.3) is 5.52 Å². The molecule has 4 heteroatoms. The van der Waals surface area contributed by atoms with Gasteiger partial charge in [0.1, 0.15) is 0 Å². The van der Waals surface area contributed by atoms with Crippen molar-refractivity contribution >= 4 is 17.1 Å². The molecule has 4 nitrogen and oxygen atoms in total. The lowest BCUT2D eigenvalue weighted by Gasteiger charge is -2.10. The number of hydrogen-bond donors (Lipinski definition) is 0. The second-order valence-electron chi connectivity index (χ2n) is 5.19. The van der Waals surface area contributed by atoms with E-state index in [1.807, 2.05) is 18.2 Å². The van der Waals surface area contributed by atoms with Crippen LogP contribution in [0.4, 0.5) is 0 Å². The van der Waals surface area contributed by atoms with Gasteiger partial charge in [0, 0.05) is 12.0 Å². The number of oxazole rings is 1. The highest BCUT2D eigenvalue weighted by Gasteiger charge is 2.25. The first kappa shape index (κ1) is 14.6. The zero-order chi connectivity index (χ0) is 14.5. The summed E-state index contributed by atoms with van der Waals surface area (Å²) in [4.78, 5) is 11.2. The summed E-state index contributed by atoms with van der Waals surface area (Å²) < 4.78 is 7.16. The molecule has 0 aliphatic rings. The van der Waals surface area contributed by atoms with E-state index in [4.69, 9.17) is 4.42 Å². The Bertz CT molecular complexity index is 588. The van der Waals surface area contributed by atoms with E-state index in [1.54, 1.807) is 10.6 Å². The summed E-state index contributed by atoms with van der Waals surface area (Å²) in [5.74, 6) is -0.883. The molecule has 2 rings (SSSR count). The van der Waals surface area contributed by atoms with Crippen LogP contribution in [-0.4, -0.2) is 5.97 Å². The molecule has 0 spiro atoms. The molecular weight excluding hydrogens is 254 g/mol. The summed E-state index contributed by atoms with van der Waals surface area (Å²) in [6, 6.07) is 7.40. The molecule has 20 heavy (non-hydrogen) atoms. The predicted octanol–water partition coefficient (Wildman–Crippen LogP) is 2.30. The van der Waals surface area contributed by atoms with E-state index in [1.165, 1.54) is 0 Å². The first-order valence-electron chi connectivity index (χ1n) is 7.30. The number of rotatable bonds is 7. The SMILES string of the molecule is CCCCC(CC)C[n+]1c(C(=O)[O-])oc2ccccc21. The standard InChI is InChI=1S/C16H21NO3/c1-3-5-8-12(4-2)11-17-13-9-6-7-10-14(13)20-15(17)16(18)19/h6-7,9-10,12H,3-5,8,11H2,1-2H3. The monoisotopic (exact) mass is 275 g/mol. The Kier molecular flexibility index (Phi) is 4.77. The van der Waals surface area contributed by atoms with E-state index in [0.717, 1.165) is 31.2 Å². The molecule has 1 unspecified atom stereocenters. The number of hydrogen-bond acceptors (Lipinski definition) is 3. The van der Waals surface area contributed by atoms with Crippen LogP contribution in [0, 0.1) is 5.92 Å². The van der Waals surface area contributed by atoms with E-state index < -0.39 is 5.97 Å². The number of carboxylic acids is 1. The van der Waals surface area contributed by atoms with E-state index in [0.29, 0.717) is 18.0 Å². The van der Waals surface area contributed by atoms with Crippen molar-refractivity contribution in [2.24, 2.45) is 5.92 Å². The lowest BCUT2D eigenvalue weighted by atomic mass is 9.99. The molecule has 0 fully saturated rings. The third-order valence-corrected chi connectivity index (χ3v) is 3.77. The normalized spacial score (nSPS) is 12.7. The Morgan fingerprint density at radius 3 is 2.75 bits per heavy atom. The number of carbonyl (C=O) groups is 1. The van der Waals surface area contributed by atoms with Crippen molar-refractivity contribution in [3.63, 3.8) is 0 Å². The number of nitrogens with zero attached hydrogens (tertiary/aromatic N) is 1. The minimum Gasteiger partial charge on any atom is -0.537 e. The van der Waals surface area contributed by atoms with Crippen LogP contribution in [0.3, 0.4) is 0 Å². The van der Waals surface area contributed by atoms with Gasteiger partial charge in [-0.1, -0.05) is 38.8 Å². The Morgan fingerprint density at radius 1 is 1.35 bits per heavy atom. The summed E-state index contributed by atoms with van der Waals surface area (Å²) in [6.45, 7) is 4.97. The van der Waals surface area contributed by atoms with Crippen LogP contribution in [0.5, 0.6) is 0 Å². The maximum absolute atomic E-state index is 11.2. The third kappa shape index (κ3) is 3.00. The number of benzene rings is 1. The molecule has 0 aliphatic heterocycles. The summed E-state index contributed by atoms with van der Waals surface area (Å²) in [5, 5.41) is 11.2. The van der Waals surface area contributed by atoms with Gasteiger partial charge in [0.2, 0.25) is 5.58 Å². The molecule has 0 saturated carbocycles. The van der Waals surface area contributed by atoms with E-state index in [-0.39, 0.29) is 5.89 Å². The highest BCUT2D eigenvalue weighted by atomic mass is 16.4. The molecule has 0 amide bonds. The maximum atomic E-state index is 11.2. The number of para-hydroxylation sites is 2. The topological polar surface area (TPSA) is 57.1 Å². The fraction of sp³-hybridized carbons (Fsp3) is 0.500. The number of fused-ring (bicyclic) bond motifs is 1. The smallest absolute Gasteiger partial charge is 0.397 e. The number of aromatic carboxylic acids is 1. The molecule has 1 aromatic carbocycles. The van der Waals surface area contributed by atoms with Crippen molar-refractivity contribution in [2.45, 2.75) is 46.1 Å². The molecule has 1 aromatic heterocycles. The van der Waals surface area contributed by atoms with Gasteiger partial charge in [0.15, 0.2) is 12.5 Å². The second-order valence-corrected chi connectivity index (χ2v) is 5.19. The van der Waals surface area contributed by atoms with Gasteiger partial charge >= 0.3 is 5.89 Å². The molecular formula is C16H21NO3. The first-order chi connectivity index (χ1) is 9.67. The maximum Gasteiger partial charge on any atom is 0.397 e. The van der Waals surface area contributed by atoms with Gasteiger partial charge in [-0.3, -0.25) is 0 Å². The zero-order valence-corrected chi connectivity index (χ0v) is 12.1. The van der Waals surface area contributed by atoms with Crippen LogP contribution in [-0.2, 0) is 6.54 Å². The van der Waals surface area contributed by atoms with Crippen molar-refractivity contribution in [3.05, 3.63) is 30.2 Å². The molecule has 108 valence electrons. The largest absolute Gasteiger partial charge is 0.537 e. The summed E-state index contributed by atoms with van der Waals surface area (Å²) in [5.41, 5.74) is 1.42. The summed E-state index contributed by atoms with van der Waals surface area (Å²) >= 11 is 0. The highest BCUT2D eigenvalue weighted by Crippen LogP contribution is 2.17. The lowest BCUT2D eigenvalue weighted by molar-refractivity contribution is -0.687. The Hall–Kier alpha value is -1.84. The van der Waals surface area contributed by atoms with Gasteiger partial charge in [-0.05, 0) is 18.9 Å². The van der Waals surface area contributed by atoms with Crippen LogP contribution in [0.25, 0.3) is 11.1 Å². The number of carbonyl (C=O) groups excluding carboxylic acids is 1. The minimum absolute atomic E-state index is 0.0823. The van der Waals surface area contributed by atoms with Crippen LogP contribution < -0.4 is 9.67 Å². The van der Waals surface area contributed by atoms with Gasteiger partial charge in [-0.2, -0.15) is 4.57 Å². The fourth-order valence-corrected chi connectivity index (χ4v) is 2.54. The fourth-order valence-electron chi connectivity index (χ4n) is 2.54. The summed E-state index contributed by atoms with van der Waals surface area (Å²) in [6.07, 6.45) is 4.45. The van der Waals surface area contributed by atoms with Crippen LogP contribution in [0.2, 0.25) is 0 Å². The van der Waals surface area contributed by atoms with E-state index in [2.05, 4.69) is 13.8 Å². The van der Waals surface area contributed by atoms with Gasteiger partial charge in [-0.15, -0.1) is 0 Å². The molecule has 0 bridgehead atoms. The average Bonchev–Trinajstić information content (AvgIpc) is 2.82.